The van der Waals surface area contributed by atoms with Crippen LogP contribution in [0.1, 0.15) is 23.3 Å². The molecule has 0 saturated heterocycles. The van der Waals surface area contributed by atoms with Gasteiger partial charge in [-0.3, -0.25) is 19.9 Å². The number of nitrogens with zero attached hydrogens (tertiary/aromatic N) is 2. The lowest BCUT2D eigenvalue weighted by atomic mass is 10.0. The van der Waals surface area contributed by atoms with Gasteiger partial charge in [-0.25, -0.2) is 4.79 Å². The summed E-state index contributed by atoms with van der Waals surface area (Å²) in [5, 5.41) is 7.76. The minimum atomic E-state index is -0.659. The average Bonchev–Trinajstić information content (AvgIpc) is 2.75. The smallest absolute Gasteiger partial charge is 0.349 e. The highest BCUT2D eigenvalue weighted by molar-refractivity contribution is 7.99. The van der Waals surface area contributed by atoms with E-state index >= 15 is 0 Å². The summed E-state index contributed by atoms with van der Waals surface area (Å²) in [7, 11) is 0. The molecule has 11 heteroatoms. The molecule has 3 aromatic rings. The van der Waals surface area contributed by atoms with Crippen LogP contribution >= 0.6 is 35.0 Å². The minimum absolute atomic E-state index is 0.0989. The molecule has 0 amide bonds. The summed E-state index contributed by atoms with van der Waals surface area (Å²) >= 11 is 14.2. The van der Waals surface area contributed by atoms with E-state index in [1.165, 1.54) is 11.8 Å². The molecule has 0 spiro atoms. The quantitative estimate of drug-likeness (QED) is 0.267. The molecule has 0 radical (unpaired) electrons. The molecule has 3 rings (SSSR count). The largest absolute Gasteiger partial charge is 0.465 e. The molecule has 1 heterocycles. The van der Waals surface area contributed by atoms with E-state index < -0.39 is 11.2 Å². The Morgan fingerprint density at radius 1 is 1.22 bits per heavy atom. The van der Waals surface area contributed by atoms with E-state index in [0.29, 0.717) is 28.2 Å². The van der Waals surface area contributed by atoms with Crippen molar-refractivity contribution in [3.63, 3.8) is 0 Å². The highest BCUT2D eigenvalue weighted by atomic mass is 35.5. The number of hydrogen-bond acceptors (Lipinski definition) is 7. The van der Waals surface area contributed by atoms with E-state index in [9.17, 15) is 14.4 Å². The van der Waals surface area contributed by atoms with Crippen molar-refractivity contribution in [2.45, 2.75) is 12.2 Å². The topological polar surface area (TPSA) is 106 Å². The van der Waals surface area contributed by atoms with E-state index in [4.69, 9.17) is 27.9 Å². The number of esters is 1. The van der Waals surface area contributed by atoms with E-state index in [1.807, 2.05) is 12.1 Å². The SMILES string of the molecule is CCOC(=O)CNCSC(c1ccc(Cl)cc1)c1ccc(-n2ncc(=O)[nH]c2=O)cc1Cl. The van der Waals surface area contributed by atoms with Crippen LogP contribution in [0.2, 0.25) is 10.0 Å². The third-order valence-electron chi connectivity index (χ3n) is 4.32. The van der Waals surface area contributed by atoms with Gasteiger partial charge in [0.2, 0.25) is 0 Å². The number of thioether (sulfide) groups is 1. The normalized spacial score (nSPS) is 11.8. The molecule has 2 aromatic carbocycles. The number of benzene rings is 2. The van der Waals surface area contributed by atoms with Gasteiger partial charge in [0.15, 0.2) is 0 Å². The molecular formula is C21H20Cl2N4O4S. The van der Waals surface area contributed by atoms with Gasteiger partial charge in [-0.15, -0.1) is 11.8 Å². The molecule has 0 bridgehead atoms. The molecule has 1 aromatic heterocycles. The van der Waals surface area contributed by atoms with Crippen molar-refractivity contribution in [3.8, 4) is 5.69 Å². The Morgan fingerprint density at radius 3 is 2.62 bits per heavy atom. The second-order valence-corrected chi connectivity index (χ2v) is 8.47. The number of ether oxygens (including phenoxy) is 1. The van der Waals surface area contributed by atoms with Gasteiger partial charge in [-0.1, -0.05) is 41.4 Å². The van der Waals surface area contributed by atoms with E-state index in [2.05, 4.69) is 15.4 Å². The fourth-order valence-corrected chi connectivity index (χ4v) is 4.50. The monoisotopic (exact) mass is 494 g/mol. The Bertz CT molecular complexity index is 1200. The standard InChI is InChI=1S/C21H20Cl2N4O4S/c1-2-31-19(29)11-24-12-32-20(13-3-5-14(22)6-4-13)16-8-7-15(9-17(16)23)27-21(30)26-18(28)10-25-27/h3-10,20,24H,2,11-12H2,1H3,(H,26,28,30). The molecule has 0 aliphatic heterocycles. The molecule has 8 nitrogen and oxygen atoms in total. The molecular weight excluding hydrogens is 475 g/mol. The van der Waals surface area contributed by atoms with Crippen molar-refractivity contribution in [2.75, 3.05) is 19.0 Å². The van der Waals surface area contributed by atoms with E-state index in [-0.39, 0.29) is 17.8 Å². The van der Waals surface area contributed by atoms with Gasteiger partial charge in [0, 0.05) is 15.9 Å². The Morgan fingerprint density at radius 2 is 1.97 bits per heavy atom. The second kappa shape index (κ2) is 11.3. The molecule has 168 valence electrons. The zero-order valence-corrected chi connectivity index (χ0v) is 19.3. The number of carbonyl (C=O) groups excluding carboxylic acids is 1. The van der Waals surface area contributed by atoms with Crippen LogP contribution in [0.5, 0.6) is 0 Å². The minimum Gasteiger partial charge on any atom is -0.465 e. The van der Waals surface area contributed by atoms with E-state index in [0.717, 1.165) is 22.0 Å². The molecule has 2 N–H and O–H groups in total. The summed E-state index contributed by atoms with van der Waals surface area (Å²) < 4.78 is 5.98. The number of aromatic nitrogens is 3. The first-order valence-electron chi connectivity index (χ1n) is 9.61. The van der Waals surface area contributed by atoms with Crippen molar-refractivity contribution >= 4 is 40.9 Å². The molecule has 1 unspecified atom stereocenters. The molecule has 0 aliphatic carbocycles. The van der Waals surface area contributed by atoms with Crippen molar-refractivity contribution in [2.24, 2.45) is 0 Å². The van der Waals surface area contributed by atoms with Crippen LogP contribution in [0.3, 0.4) is 0 Å². The second-order valence-electron chi connectivity index (χ2n) is 6.53. The van der Waals surface area contributed by atoms with Gasteiger partial charge in [-0.05, 0) is 42.3 Å². The first kappa shape index (κ1) is 24.1. The maximum absolute atomic E-state index is 12.0. The summed E-state index contributed by atoms with van der Waals surface area (Å²) in [6.45, 7) is 2.18. The maximum atomic E-state index is 12.0. The highest BCUT2D eigenvalue weighted by Gasteiger charge is 2.19. The highest BCUT2D eigenvalue weighted by Crippen LogP contribution is 2.39. The Balaban J connectivity index is 1.86. The maximum Gasteiger partial charge on any atom is 0.349 e. The Hall–Kier alpha value is -2.59. The number of hydrogen-bond donors (Lipinski definition) is 2. The van der Waals surface area contributed by atoms with Crippen molar-refractivity contribution in [1.29, 1.82) is 0 Å². The number of rotatable bonds is 9. The van der Waals surface area contributed by atoms with Gasteiger partial charge >= 0.3 is 11.7 Å². The van der Waals surface area contributed by atoms with E-state index in [1.54, 1.807) is 37.3 Å². The number of H-pyrrole nitrogens is 1. The molecule has 0 aliphatic rings. The summed E-state index contributed by atoms with van der Waals surface area (Å²) in [6, 6.07) is 12.5. The summed E-state index contributed by atoms with van der Waals surface area (Å²) in [5.74, 6) is 0.142. The van der Waals surface area contributed by atoms with Crippen LogP contribution < -0.4 is 16.6 Å². The van der Waals surface area contributed by atoms with Crippen molar-refractivity contribution < 1.29 is 9.53 Å². The van der Waals surface area contributed by atoms with Gasteiger partial charge in [0.25, 0.3) is 5.56 Å². The third-order valence-corrected chi connectivity index (χ3v) is 6.13. The number of carbonyl (C=O) groups is 1. The van der Waals surface area contributed by atoms with Crippen molar-refractivity contribution in [1.82, 2.24) is 20.1 Å². The predicted molar refractivity (Wildman–Crippen MR) is 126 cm³/mol. The lowest BCUT2D eigenvalue weighted by molar-refractivity contribution is -0.141. The fraction of sp³-hybridized carbons (Fsp3) is 0.238. The molecule has 32 heavy (non-hydrogen) atoms. The van der Waals surface area contributed by atoms with Crippen LogP contribution in [-0.2, 0) is 9.53 Å². The van der Waals surface area contributed by atoms with Crippen LogP contribution in [0, 0.1) is 0 Å². The summed E-state index contributed by atoms with van der Waals surface area (Å²) in [4.78, 5) is 37.0. The summed E-state index contributed by atoms with van der Waals surface area (Å²) in [6.07, 6.45) is 1.02. The molecule has 1 atom stereocenters. The number of halogens is 2. The van der Waals surface area contributed by atoms with Gasteiger partial charge in [0.05, 0.1) is 24.1 Å². The number of nitrogens with one attached hydrogen (secondary N) is 2. The fourth-order valence-electron chi connectivity index (χ4n) is 2.91. The van der Waals surface area contributed by atoms with Gasteiger partial charge in [-0.2, -0.15) is 9.78 Å². The Labute approximate surface area is 197 Å². The zero-order valence-electron chi connectivity index (χ0n) is 17.0. The van der Waals surface area contributed by atoms with Crippen LogP contribution in [0.15, 0.2) is 58.3 Å². The first-order valence-corrected chi connectivity index (χ1v) is 11.4. The Kier molecular flexibility index (Phi) is 8.52. The van der Waals surface area contributed by atoms with Gasteiger partial charge in [0.1, 0.15) is 6.20 Å². The van der Waals surface area contributed by atoms with Crippen molar-refractivity contribution in [3.05, 3.63) is 90.7 Å². The lowest BCUT2D eigenvalue weighted by Crippen LogP contribution is -2.30. The van der Waals surface area contributed by atoms with Gasteiger partial charge < -0.3 is 4.74 Å². The summed E-state index contributed by atoms with van der Waals surface area (Å²) in [5.41, 5.74) is 0.946. The first-order chi connectivity index (χ1) is 15.4. The van der Waals surface area contributed by atoms with Crippen LogP contribution in [0.4, 0.5) is 0 Å². The molecule has 0 fully saturated rings. The number of aromatic amines is 1. The predicted octanol–water partition coefficient (Wildman–Crippen LogP) is 3.16. The third kappa shape index (κ3) is 6.23. The van der Waals surface area contributed by atoms with Crippen LogP contribution in [0.25, 0.3) is 5.69 Å². The van der Waals surface area contributed by atoms with Crippen LogP contribution in [-0.4, -0.2) is 39.8 Å². The average molecular weight is 495 g/mol. The lowest BCUT2D eigenvalue weighted by Gasteiger charge is -2.20. The molecule has 0 saturated carbocycles. The zero-order chi connectivity index (χ0) is 23.1.